The number of nitriles is 1. The lowest BCUT2D eigenvalue weighted by molar-refractivity contribution is 0.247. The molecule has 0 spiro atoms. The van der Waals surface area contributed by atoms with E-state index in [2.05, 4.69) is 26.2 Å². The Hall–Kier alpha value is -4.20. The van der Waals surface area contributed by atoms with Gasteiger partial charge in [0.2, 0.25) is 0 Å². The minimum atomic E-state index is -0.919. The molecule has 2 N–H and O–H groups in total. The summed E-state index contributed by atoms with van der Waals surface area (Å²) in [6.45, 7) is 4.35. The predicted octanol–water partition coefficient (Wildman–Crippen LogP) is 6.40. The van der Waals surface area contributed by atoms with Crippen LogP contribution >= 0.6 is 0 Å². The first kappa shape index (κ1) is 29.2. The molecule has 6 heterocycles. The number of aromatic hydroxyl groups is 1. The highest BCUT2D eigenvalue weighted by Crippen LogP contribution is 2.44. The number of hydrogen-bond donors (Lipinski definition) is 2. The lowest BCUT2D eigenvalue weighted by atomic mass is 9.92. The first-order chi connectivity index (χ1) is 22.3. The zero-order valence-electron chi connectivity index (χ0n) is 25.7. The quantitative estimate of drug-likeness (QED) is 0.266. The third-order valence-electron chi connectivity index (χ3n) is 10.6. The molecule has 2 aromatic heterocycles. The van der Waals surface area contributed by atoms with E-state index in [0.717, 1.165) is 32.2 Å². The van der Waals surface area contributed by atoms with Gasteiger partial charge in [-0.1, -0.05) is 19.1 Å². The summed E-state index contributed by atoms with van der Waals surface area (Å²) < 4.78 is 46.6. The summed E-state index contributed by atoms with van der Waals surface area (Å²) in [5.74, 6) is -1.21. The van der Waals surface area contributed by atoms with Gasteiger partial charge in [-0.3, -0.25) is 9.88 Å². The molecule has 0 saturated carbocycles. The average Bonchev–Trinajstić information content (AvgIpc) is 3.69. The van der Waals surface area contributed by atoms with Gasteiger partial charge in [0.25, 0.3) is 0 Å². The van der Waals surface area contributed by atoms with E-state index in [9.17, 15) is 19.1 Å². The fourth-order valence-corrected chi connectivity index (χ4v) is 8.59. The number of nitrogens with zero attached hydrogens (tertiary/aromatic N) is 5. The standard InChI is InChI=1S/C36H35F3N6O/c1-2-25-29(38)7-4-20-12-24(46)13-26(31(20)25)33-32(39)34-28(16-41-33)35(44-18-22-5-6-23(19-44)42-22)27(15-40)30(43-34)8-10-36-9-3-11-45(36)17-21(37)14-36/h4,7-8,10,12-13,16,21-23,42,46H,2-3,5-6,9,11,14,17-19H2,1H3/b10-8+/t21-,22?,23?,36-/m1/s1. The molecule has 2 unspecified atom stereocenters. The van der Waals surface area contributed by atoms with Crippen molar-refractivity contribution >= 4 is 33.4 Å². The van der Waals surface area contributed by atoms with Crippen LogP contribution in [-0.4, -0.2) is 69.9 Å². The molecule has 8 rings (SSSR count). The van der Waals surface area contributed by atoms with Crippen LogP contribution < -0.4 is 10.2 Å². The van der Waals surface area contributed by atoms with Gasteiger partial charge >= 0.3 is 0 Å². The topological polar surface area (TPSA) is 88.3 Å². The van der Waals surface area contributed by atoms with Crippen molar-refractivity contribution in [2.24, 2.45) is 0 Å². The average molecular weight is 625 g/mol. The first-order valence-electron chi connectivity index (χ1n) is 16.2. The maximum atomic E-state index is 17.0. The molecule has 2 aromatic carbocycles. The van der Waals surface area contributed by atoms with Gasteiger partial charge < -0.3 is 15.3 Å². The smallest absolute Gasteiger partial charge is 0.175 e. The number of aromatic nitrogens is 2. The van der Waals surface area contributed by atoms with Crippen LogP contribution in [0, 0.1) is 23.0 Å². The number of alkyl halides is 1. The number of hydrogen-bond acceptors (Lipinski definition) is 7. The van der Waals surface area contributed by atoms with Crippen LogP contribution in [0.3, 0.4) is 0 Å². The van der Waals surface area contributed by atoms with E-state index < -0.39 is 23.3 Å². The SMILES string of the molecule is CCc1c(F)ccc2cc(O)cc(-c3ncc4c(N5CC6CCC(C5)N6)c(C#N)c(/C=C/[C@@]56CCCN5C[C@H](F)C6)nc4c3F)c12. The molecular formula is C36H35F3N6O. The van der Waals surface area contributed by atoms with Crippen LogP contribution in [-0.2, 0) is 6.42 Å². The van der Waals surface area contributed by atoms with E-state index in [1.807, 2.05) is 13.0 Å². The third kappa shape index (κ3) is 4.55. The van der Waals surface area contributed by atoms with Crippen LogP contribution in [0.1, 0.15) is 55.8 Å². The minimum absolute atomic E-state index is 0.0473. The Morgan fingerprint density at radius 3 is 2.74 bits per heavy atom. The number of piperazine rings is 1. The van der Waals surface area contributed by atoms with Gasteiger partial charge in [-0.25, -0.2) is 18.2 Å². The monoisotopic (exact) mass is 624 g/mol. The van der Waals surface area contributed by atoms with Gasteiger partial charge in [-0.2, -0.15) is 5.26 Å². The third-order valence-corrected chi connectivity index (χ3v) is 10.6. The van der Waals surface area contributed by atoms with E-state index in [1.54, 1.807) is 18.3 Å². The van der Waals surface area contributed by atoms with Crippen molar-refractivity contribution in [3.8, 4) is 23.1 Å². The summed E-state index contributed by atoms with van der Waals surface area (Å²) >= 11 is 0. The molecule has 4 fully saturated rings. The summed E-state index contributed by atoms with van der Waals surface area (Å²) in [6.07, 6.45) is 8.97. The highest BCUT2D eigenvalue weighted by molar-refractivity contribution is 6.03. The molecule has 0 radical (unpaired) electrons. The Morgan fingerprint density at radius 2 is 1.98 bits per heavy atom. The second kappa shape index (κ2) is 11.0. The summed E-state index contributed by atoms with van der Waals surface area (Å²) in [6, 6.07) is 8.77. The molecular weight excluding hydrogens is 589 g/mol. The number of benzene rings is 2. The number of nitrogens with one attached hydrogen (secondary N) is 1. The Morgan fingerprint density at radius 1 is 1.17 bits per heavy atom. The second-order valence-electron chi connectivity index (χ2n) is 13.3. The van der Waals surface area contributed by atoms with Crippen molar-refractivity contribution in [2.45, 2.75) is 69.2 Å². The van der Waals surface area contributed by atoms with Crippen LogP contribution in [0.25, 0.3) is 39.0 Å². The Labute approximate surface area is 265 Å². The first-order valence-corrected chi connectivity index (χ1v) is 16.2. The number of phenolic OH excluding ortho intramolecular Hbond substituents is 1. The van der Waals surface area contributed by atoms with Crippen molar-refractivity contribution in [2.75, 3.05) is 31.1 Å². The number of rotatable bonds is 5. The lowest BCUT2D eigenvalue weighted by Gasteiger charge is -2.36. The molecule has 7 nitrogen and oxygen atoms in total. The van der Waals surface area contributed by atoms with Crippen molar-refractivity contribution in [3.05, 3.63) is 65.0 Å². The van der Waals surface area contributed by atoms with Crippen LogP contribution in [0.5, 0.6) is 5.75 Å². The van der Waals surface area contributed by atoms with Gasteiger partial charge in [-0.05, 0) is 79.3 Å². The summed E-state index contributed by atoms with van der Waals surface area (Å²) in [4.78, 5) is 13.7. The minimum Gasteiger partial charge on any atom is -0.508 e. The fourth-order valence-electron chi connectivity index (χ4n) is 8.59. The second-order valence-corrected chi connectivity index (χ2v) is 13.3. The van der Waals surface area contributed by atoms with E-state index in [4.69, 9.17) is 4.98 Å². The highest BCUT2D eigenvalue weighted by Gasteiger charge is 2.47. The fraction of sp³-hybridized carbons (Fsp3) is 0.417. The van der Waals surface area contributed by atoms with Crippen LogP contribution in [0.15, 0.2) is 36.5 Å². The van der Waals surface area contributed by atoms with Gasteiger partial charge in [0.1, 0.15) is 40.6 Å². The van der Waals surface area contributed by atoms with E-state index >= 15 is 4.39 Å². The molecule has 4 atom stereocenters. The van der Waals surface area contributed by atoms with Crippen molar-refractivity contribution in [3.63, 3.8) is 0 Å². The molecule has 236 valence electrons. The van der Waals surface area contributed by atoms with Gasteiger partial charge in [-0.15, -0.1) is 0 Å². The van der Waals surface area contributed by atoms with Crippen LogP contribution in [0.4, 0.5) is 18.9 Å². The van der Waals surface area contributed by atoms with Crippen molar-refractivity contribution in [1.29, 1.82) is 5.26 Å². The maximum Gasteiger partial charge on any atom is 0.175 e. The molecule has 4 aromatic rings. The number of halogens is 3. The molecule has 10 heteroatoms. The molecule has 4 saturated heterocycles. The Kier molecular flexibility index (Phi) is 6.96. The number of phenols is 1. The molecule has 4 aliphatic rings. The lowest BCUT2D eigenvalue weighted by Crippen LogP contribution is -2.51. The van der Waals surface area contributed by atoms with Gasteiger partial charge in [0.15, 0.2) is 5.82 Å². The Bertz CT molecular complexity index is 1960. The summed E-state index contributed by atoms with van der Waals surface area (Å²) in [5, 5.41) is 26.3. The van der Waals surface area contributed by atoms with E-state index in [1.165, 1.54) is 18.2 Å². The summed E-state index contributed by atoms with van der Waals surface area (Å²) in [5.41, 5.74) is 1.50. The number of anilines is 1. The zero-order valence-corrected chi connectivity index (χ0v) is 25.7. The van der Waals surface area contributed by atoms with Crippen molar-refractivity contribution < 1.29 is 18.3 Å². The predicted molar refractivity (Wildman–Crippen MR) is 172 cm³/mol. The summed E-state index contributed by atoms with van der Waals surface area (Å²) in [7, 11) is 0. The molecule has 2 bridgehead atoms. The largest absolute Gasteiger partial charge is 0.508 e. The number of aryl methyl sites for hydroxylation is 1. The van der Waals surface area contributed by atoms with Crippen molar-refractivity contribution in [1.82, 2.24) is 20.2 Å². The Balaban J connectivity index is 1.36. The molecule has 46 heavy (non-hydrogen) atoms. The maximum absolute atomic E-state index is 17.0. The molecule has 0 aliphatic carbocycles. The zero-order chi connectivity index (χ0) is 31.7. The number of fused-ring (bicyclic) bond motifs is 5. The normalized spacial score (nSPS) is 26.1. The van der Waals surface area contributed by atoms with E-state index in [0.29, 0.717) is 71.1 Å². The van der Waals surface area contributed by atoms with E-state index in [-0.39, 0.29) is 34.6 Å². The molecule has 4 aliphatic heterocycles. The van der Waals surface area contributed by atoms with Gasteiger partial charge in [0.05, 0.1) is 11.4 Å². The van der Waals surface area contributed by atoms with Gasteiger partial charge in [0, 0.05) is 60.8 Å². The highest BCUT2D eigenvalue weighted by atomic mass is 19.1. The van der Waals surface area contributed by atoms with Crippen LogP contribution in [0.2, 0.25) is 0 Å². The molecule has 0 amide bonds. The number of pyridine rings is 2.